The van der Waals surface area contributed by atoms with E-state index in [-0.39, 0.29) is 0 Å². The van der Waals surface area contributed by atoms with Crippen LogP contribution in [-0.2, 0) is 0 Å². The second-order valence-corrected chi connectivity index (χ2v) is 5.83. The molecule has 5 heteroatoms. The number of rotatable bonds is 2. The van der Waals surface area contributed by atoms with Crippen LogP contribution in [-0.4, -0.2) is 9.97 Å². The van der Waals surface area contributed by atoms with Crippen molar-refractivity contribution in [2.24, 2.45) is 0 Å². The molecule has 1 aromatic carbocycles. The zero-order chi connectivity index (χ0) is 13.2. The predicted molar refractivity (Wildman–Crippen MR) is 82.9 cm³/mol. The van der Waals surface area contributed by atoms with Gasteiger partial charge in [0.25, 0.3) is 0 Å². The van der Waals surface area contributed by atoms with Gasteiger partial charge in [-0.3, -0.25) is 4.98 Å². The minimum atomic E-state index is 0.760. The van der Waals surface area contributed by atoms with Gasteiger partial charge in [-0.05, 0) is 34.1 Å². The van der Waals surface area contributed by atoms with Gasteiger partial charge in [-0.2, -0.15) is 0 Å². The molecule has 0 unspecified atom stereocenters. The first-order valence-electron chi connectivity index (χ1n) is 5.65. The highest BCUT2D eigenvalue weighted by Gasteiger charge is 2.07. The molecule has 0 atom stereocenters. The van der Waals surface area contributed by atoms with Crippen molar-refractivity contribution in [1.29, 1.82) is 0 Å². The molecule has 2 aromatic heterocycles. The number of hydrogen-bond donors (Lipinski definition) is 1. The molecule has 3 rings (SSSR count). The largest absolute Gasteiger partial charge is 0.399 e. The molecule has 0 fully saturated rings. The molecule has 0 aliphatic carbocycles. The van der Waals surface area contributed by atoms with Crippen LogP contribution in [0.15, 0.2) is 52.6 Å². The molecule has 94 valence electrons. The molecule has 0 saturated heterocycles. The average molecular weight is 332 g/mol. The number of benzene rings is 1. The fourth-order valence-corrected chi connectivity index (χ4v) is 2.90. The van der Waals surface area contributed by atoms with Crippen LogP contribution in [0, 0.1) is 0 Å². The Bertz CT molecular complexity index is 707. The van der Waals surface area contributed by atoms with Crippen molar-refractivity contribution in [3.8, 4) is 21.8 Å². The number of aromatic nitrogens is 2. The molecular formula is C14H10BrN3S. The molecule has 2 N–H and O–H groups in total. The van der Waals surface area contributed by atoms with Gasteiger partial charge < -0.3 is 5.73 Å². The molecule has 0 aliphatic heterocycles. The molecule has 3 aromatic rings. The maximum absolute atomic E-state index is 5.69. The van der Waals surface area contributed by atoms with Crippen LogP contribution in [0.5, 0.6) is 0 Å². The second kappa shape index (κ2) is 5.11. The number of nitrogen functional groups attached to an aromatic ring is 1. The first-order chi connectivity index (χ1) is 9.22. The Labute approximate surface area is 123 Å². The molecule has 2 heterocycles. The summed E-state index contributed by atoms with van der Waals surface area (Å²) in [7, 11) is 0. The lowest BCUT2D eigenvalue weighted by atomic mass is 10.1. The highest BCUT2D eigenvalue weighted by Crippen LogP contribution is 2.29. The van der Waals surface area contributed by atoms with E-state index in [2.05, 4.69) is 25.9 Å². The quantitative estimate of drug-likeness (QED) is 0.715. The van der Waals surface area contributed by atoms with Gasteiger partial charge in [-0.1, -0.05) is 12.1 Å². The summed E-state index contributed by atoms with van der Waals surface area (Å²) in [5.41, 5.74) is 9.49. The highest BCUT2D eigenvalue weighted by molar-refractivity contribution is 9.10. The fourth-order valence-electron chi connectivity index (χ4n) is 1.72. The van der Waals surface area contributed by atoms with Crippen LogP contribution in [0.2, 0.25) is 0 Å². The molecule has 0 radical (unpaired) electrons. The highest BCUT2D eigenvalue weighted by atomic mass is 79.9. The minimum absolute atomic E-state index is 0.760. The van der Waals surface area contributed by atoms with Crippen LogP contribution in [0.4, 0.5) is 5.69 Å². The number of pyridine rings is 1. The predicted octanol–water partition coefficient (Wildman–Crippen LogP) is 4.22. The summed E-state index contributed by atoms with van der Waals surface area (Å²) in [6.07, 6.45) is 3.58. The first-order valence-corrected chi connectivity index (χ1v) is 7.32. The number of halogens is 1. The Balaban J connectivity index is 1.97. The van der Waals surface area contributed by atoms with Crippen LogP contribution >= 0.6 is 27.3 Å². The van der Waals surface area contributed by atoms with Crippen molar-refractivity contribution in [3.05, 3.63) is 52.6 Å². The van der Waals surface area contributed by atoms with E-state index >= 15 is 0 Å². The summed E-state index contributed by atoms with van der Waals surface area (Å²) >= 11 is 5.03. The zero-order valence-corrected chi connectivity index (χ0v) is 12.3. The lowest BCUT2D eigenvalue weighted by Gasteiger charge is -1.98. The fraction of sp³-hybridized carbons (Fsp3) is 0. The van der Waals surface area contributed by atoms with E-state index in [0.717, 1.165) is 32.0 Å². The summed E-state index contributed by atoms with van der Waals surface area (Å²) in [5, 5.41) is 3.00. The lowest BCUT2D eigenvalue weighted by Crippen LogP contribution is -1.84. The average Bonchev–Trinajstić information content (AvgIpc) is 2.89. The third kappa shape index (κ3) is 2.67. The first kappa shape index (κ1) is 12.3. The third-order valence-corrected chi connectivity index (χ3v) is 3.99. The van der Waals surface area contributed by atoms with Gasteiger partial charge in [0.05, 0.1) is 5.69 Å². The molecule has 0 spiro atoms. The summed E-state index contributed by atoms with van der Waals surface area (Å²) in [5.74, 6) is 0. The Morgan fingerprint density at radius 2 is 1.84 bits per heavy atom. The Kier molecular flexibility index (Phi) is 3.31. The van der Waals surface area contributed by atoms with Gasteiger partial charge >= 0.3 is 0 Å². The number of thiazole rings is 1. The third-order valence-electron chi connectivity index (χ3n) is 2.66. The number of nitrogens with two attached hydrogens (primary N) is 1. The minimum Gasteiger partial charge on any atom is -0.399 e. The molecule has 19 heavy (non-hydrogen) atoms. The van der Waals surface area contributed by atoms with Gasteiger partial charge in [0.2, 0.25) is 0 Å². The zero-order valence-electron chi connectivity index (χ0n) is 9.88. The molecule has 3 nitrogen and oxygen atoms in total. The molecule has 0 amide bonds. The molecule has 0 saturated carbocycles. The van der Waals surface area contributed by atoms with E-state index in [1.807, 2.05) is 41.9 Å². The van der Waals surface area contributed by atoms with Crippen LogP contribution in [0.25, 0.3) is 21.8 Å². The number of nitrogens with zero attached hydrogens (tertiary/aromatic N) is 2. The van der Waals surface area contributed by atoms with E-state index in [1.54, 1.807) is 17.5 Å². The van der Waals surface area contributed by atoms with E-state index in [9.17, 15) is 0 Å². The van der Waals surface area contributed by atoms with Crippen molar-refractivity contribution in [3.63, 3.8) is 0 Å². The summed E-state index contributed by atoms with van der Waals surface area (Å²) in [4.78, 5) is 8.80. The van der Waals surface area contributed by atoms with E-state index in [4.69, 9.17) is 5.73 Å². The van der Waals surface area contributed by atoms with E-state index < -0.39 is 0 Å². The second-order valence-electron chi connectivity index (χ2n) is 4.05. The summed E-state index contributed by atoms with van der Waals surface area (Å²) < 4.78 is 0.953. The lowest BCUT2D eigenvalue weighted by molar-refractivity contribution is 1.30. The van der Waals surface area contributed by atoms with Crippen molar-refractivity contribution >= 4 is 33.0 Å². The SMILES string of the molecule is Nc1ccc(-c2csc(-c3cncc(Br)c3)n2)cc1. The van der Waals surface area contributed by atoms with Crippen LogP contribution in [0.1, 0.15) is 0 Å². The Morgan fingerprint density at radius 1 is 1.05 bits per heavy atom. The van der Waals surface area contributed by atoms with E-state index in [0.29, 0.717) is 0 Å². The van der Waals surface area contributed by atoms with Gasteiger partial charge in [0.1, 0.15) is 5.01 Å². The van der Waals surface area contributed by atoms with Crippen molar-refractivity contribution in [2.45, 2.75) is 0 Å². The van der Waals surface area contributed by atoms with Gasteiger partial charge in [0, 0.05) is 39.1 Å². The Hall–Kier alpha value is -1.72. The Morgan fingerprint density at radius 3 is 2.58 bits per heavy atom. The monoisotopic (exact) mass is 331 g/mol. The standard InChI is InChI=1S/C14H10BrN3S/c15-11-5-10(6-17-7-11)14-18-13(8-19-14)9-1-3-12(16)4-2-9/h1-8H,16H2. The smallest absolute Gasteiger partial charge is 0.125 e. The van der Waals surface area contributed by atoms with E-state index in [1.165, 1.54) is 0 Å². The molecular weight excluding hydrogens is 322 g/mol. The topological polar surface area (TPSA) is 51.8 Å². The number of anilines is 1. The van der Waals surface area contributed by atoms with Gasteiger partial charge in [-0.15, -0.1) is 11.3 Å². The molecule has 0 aliphatic rings. The van der Waals surface area contributed by atoms with Crippen molar-refractivity contribution in [2.75, 3.05) is 5.73 Å². The van der Waals surface area contributed by atoms with Crippen LogP contribution < -0.4 is 5.73 Å². The van der Waals surface area contributed by atoms with Gasteiger partial charge in [-0.25, -0.2) is 4.98 Å². The summed E-state index contributed by atoms with van der Waals surface area (Å²) in [6.45, 7) is 0. The van der Waals surface area contributed by atoms with Crippen molar-refractivity contribution in [1.82, 2.24) is 9.97 Å². The summed E-state index contributed by atoms with van der Waals surface area (Å²) in [6, 6.07) is 9.74. The van der Waals surface area contributed by atoms with Crippen LogP contribution in [0.3, 0.4) is 0 Å². The maximum atomic E-state index is 5.69. The normalized spacial score (nSPS) is 10.6. The maximum Gasteiger partial charge on any atom is 0.125 e. The van der Waals surface area contributed by atoms with Gasteiger partial charge in [0.15, 0.2) is 0 Å². The van der Waals surface area contributed by atoms with Crippen molar-refractivity contribution < 1.29 is 0 Å². The number of hydrogen-bond acceptors (Lipinski definition) is 4. The molecule has 0 bridgehead atoms.